The number of nitrogens with zero attached hydrogens (tertiary/aromatic N) is 3. The largest absolute Gasteiger partial charge is 0.486 e. The second-order valence-electron chi connectivity index (χ2n) is 7.67. The van der Waals surface area contributed by atoms with E-state index in [0.717, 1.165) is 36.3 Å². The Morgan fingerprint density at radius 3 is 2.35 bits per heavy atom. The Kier molecular flexibility index (Phi) is 5.39. The van der Waals surface area contributed by atoms with E-state index in [1.54, 1.807) is 23.9 Å². The van der Waals surface area contributed by atoms with Gasteiger partial charge >= 0.3 is 6.03 Å². The summed E-state index contributed by atoms with van der Waals surface area (Å²) in [5, 5.41) is 0. The van der Waals surface area contributed by atoms with Crippen LogP contribution in [0.15, 0.2) is 18.2 Å². The molecule has 6 nitrogen and oxygen atoms in total. The molecule has 142 valence electrons. The molecule has 3 amide bonds. The number of carbonyl (C=O) groups is 2. The van der Waals surface area contributed by atoms with E-state index >= 15 is 0 Å². The van der Waals surface area contributed by atoms with Gasteiger partial charge in [-0.3, -0.25) is 4.79 Å². The lowest BCUT2D eigenvalue weighted by Crippen LogP contribution is -2.59. The normalized spacial score (nSPS) is 20.5. The van der Waals surface area contributed by atoms with Crippen LogP contribution in [0.1, 0.15) is 24.0 Å². The number of carbonyl (C=O) groups excluding carboxylic acids is 2. The zero-order chi connectivity index (χ0) is 18.8. The van der Waals surface area contributed by atoms with Gasteiger partial charge in [0.05, 0.1) is 19.0 Å². The van der Waals surface area contributed by atoms with Gasteiger partial charge in [0.2, 0.25) is 5.91 Å². The zero-order valence-corrected chi connectivity index (χ0v) is 16.2. The van der Waals surface area contributed by atoms with Crippen LogP contribution in [0.2, 0.25) is 0 Å². The van der Waals surface area contributed by atoms with Crippen LogP contribution in [-0.2, 0) is 4.79 Å². The molecule has 0 aromatic heterocycles. The van der Waals surface area contributed by atoms with Crippen LogP contribution in [-0.4, -0.2) is 73.0 Å². The van der Waals surface area contributed by atoms with Gasteiger partial charge in [-0.15, -0.1) is 0 Å². The number of piperidine rings is 1. The molecule has 2 heterocycles. The Morgan fingerprint density at radius 2 is 1.73 bits per heavy atom. The molecule has 0 N–H and O–H groups in total. The fourth-order valence-corrected chi connectivity index (χ4v) is 3.74. The van der Waals surface area contributed by atoms with Crippen LogP contribution in [0.25, 0.3) is 0 Å². The summed E-state index contributed by atoms with van der Waals surface area (Å²) in [7, 11) is 3.50. The molecular weight excluding hydrogens is 330 g/mol. The molecule has 1 atom stereocenters. The Labute approximate surface area is 155 Å². The number of amides is 3. The average molecular weight is 359 g/mol. The van der Waals surface area contributed by atoms with Gasteiger partial charge in [-0.1, -0.05) is 18.2 Å². The molecular formula is C20H29N3O3. The number of benzene rings is 1. The molecule has 1 aromatic carbocycles. The first-order valence-corrected chi connectivity index (χ1v) is 9.34. The highest BCUT2D eigenvalue weighted by molar-refractivity contribution is 5.81. The van der Waals surface area contributed by atoms with Crippen molar-refractivity contribution in [2.24, 2.45) is 5.92 Å². The van der Waals surface area contributed by atoms with E-state index in [-0.39, 0.29) is 24.0 Å². The second kappa shape index (κ2) is 7.56. The minimum atomic E-state index is -0.0891. The van der Waals surface area contributed by atoms with Crippen molar-refractivity contribution in [2.75, 3.05) is 40.3 Å². The van der Waals surface area contributed by atoms with Crippen molar-refractivity contribution in [3.05, 3.63) is 29.3 Å². The van der Waals surface area contributed by atoms with Crippen molar-refractivity contribution in [1.82, 2.24) is 14.7 Å². The lowest BCUT2D eigenvalue weighted by molar-refractivity contribution is -0.146. The molecule has 26 heavy (non-hydrogen) atoms. The number of rotatable bonds is 3. The minimum absolute atomic E-state index is 0.0117. The van der Waals surface area contributed by atoms with Crippen LogP contribution < -0.4 is 4.74 Å². The van der Waals surface area contributed by atoms with Crippen molar-refractivity contribution < 1.29 is 14.3 Å². The standard InChI is InChI=1S/C20H29N3O3/c1-14-7-5-8-15(2)18(14)26-17-12-23(13-17)19(24)16-9-6-10-22(11-16)20(25)21(3)4/h5,7-8,16-17H,6,9-13H2,1-4H3/t16-/m0/s1. The summed E-state index contributed by atoms with van der Waals surface area (Å²) in [6.07, 6.45) is 1.79. The smallest absolute Gasteiger partial charge is 0.319 e. The summed E-state index contributed by atoms with van der Waals surface area (Å²) in [4.78, 5) is 30.1. The summed E-state index contributed by atoms with van der Waals surface area (Å²) >= 11 is 0. The van der Waals surface area contributed by atoms with Crippen molar-refractivity contribution in [3.8, 4) is 5.75 Å². The van der Waals surface area contributed by atoms with Crippen molar-refractivity contribution in [1.29, 1.82) is 0 Å². The molecule has 2 aliphatic rings. The maximum Gasteiger partial charge on any atom is 0.319 e. The summed E-state index contributed by atoms with van der Waals surface area (Å²) in [6.45, 7) is 6.61. The molecule has 0 bridgehead atoms. The van der Waals surface area contributed by atoms with Crippen LogP contribution in [0.3, 0.4) is 0 Å². The zero-order valence-electron chi connectivity index (χ0n) is 16.2. The third-order valence-corrected chi connectivity index (χ3v) is 5.28. The minimum Gasteiger partial charge on any atom is -0.486 e. The molecule has 0 unspecified atom stereocenters. The number of ether oxygens (including phenoxy) is 1. The molecule has 0 radical (unpaired) electrons. The molecule has 0 saturated carbocycles. The van der Waals surface area contributed by atoms with Gasteiger partial charge in [0.15, 0.2) is 0 Å². The molecule has 2 aliphatic heterocycles. The van der Waals surface area contributed by atoms with E-state index < -0.39 is 0 Å². The SMILES string of the molecule is Cc1cccc(C)c1OC1CN(C(=O)[C@H]2CCCN(C(=O)N(C)C)C2)C1. The first kappa shape index (κ1) is 18.5. The molecule has 6 heteroatoms. The van der Waals surface area contributed by atoms with Crippen LogP contribution in [0.4, 0.5) is 4.79 Å². The molecule has 2 saturated heterocycles. The number of likely N-dealkylation sites (tertiary alicyclic amines) is 2. The number of para-hydroxylation sites is 1. The van der Waals surface area contributed by atoms with Gasteiger partial charge in [0.1, 0.15) is 11.9 Å². The van der Waals surface area contributed by atoms with Gasteiger partial charge in [0.25, 0.3) is 0 Å². The average Bonchev–Trinajstić information content (AvgIpc) is 2.58. The number of hydrogen-bond acceptors (Lipinski definition) is 3. The fourth-order valence-electron chi connectivity index (χ4n) is 3.74. The first-order valence-electron chi connectivity index (χ1n) is 9.34. The molecule has 2 fully saturated rings. The van der Waals surface area contributed by atoms with Gasteiger partial charge in [-0.05, 0) is 37.8 Å². The van der Waals surface area contributed by atoms with Crippen LogP contribution in [0, 0.1) is 19.8 Å². The maximum absolute atomic E-state index is 12.8. The van der Waals surface area contributed by atoms with Crippen LogP contribution in [0.5, 0.6) is 5.75 Å². The summed E-state index contributed by atoms with van der Waals surface area (Å²) in [6, 6.07) is 6.10. The van der Waals surface area contributed by atoms with Crippen LogP contribution >= 0.6 is 0 Å². The highest BCUT2D eigenvalue weighted by atomic mass is 16.5. The fraction of sp³-hybridized carbons (Fsp3) is 0.600. The van der Waals surface area contributed by atoms with E-state index in [9.17, 15) is 9.59 Å². The second-order valence-corrected chi connectivity index (χ2v) is 7.67. The summed E-state index contributed by atoms with van der Waals surface area (Å²) < 4.78 is 6.11. The number of hydrogen-bond donors (Lipinski definition) is 0. The van der Waals surface area contributed by atoms with Gasteiger partial charge < -0.3 is 19.4 Å². The lowest BCUT2D eigenvalue weighted by atomic mass is 9.95. The van der Waals surface area contributed by atoms with E-state index in [1.165, 1.54) is 0 Å². The Balaban J connectivity index is 1.52. The van der Waals surface area contributed by atoms with Gasteiger partial charge in [-0.25, -0.2) is 4.79 Å². The predicted octanol–water partition coefficient (Wildman–Crippen LogP) is 2.29. The molecule has 0 spiro atoms. The first-order chi connectivity index (χ1) is 12.4. The van der Waals surface area contributed by atoms with E-state index in [1.807, 2.05) is 36.9 Å². The Hall–Kier alpha value is -2.24. The molecule has 3 rings (SSSR count). The Morgan fingerprint density at radius 1 is 1.08 bits per heavy atom. The third kappa shape index (κ3) is 3.79. The number of urea groups is 1. The van der Waals surface area contributed by atoms with Gasteiger partial charge in [-0.2, -0.15) is 0 Å². The predicted molar refractivity (Wildman–Crippen MR) is 100 cm³/mol. The van der Waals surface area contributed by atoms with Crippen molar-refractivity contribution >= 4 is 11.9 Å². The van der Waals surface area contributed by atoms with E-state index in [0.29, 0.717) is 19.6 Å². The van der Waals surface area contributed by atoms with Crippen molar-refractivity contribution in [2.45, 2.75) is 32.8 Å². The summed E-state index contributed by atoms with van der Waals surface area (Å²) in [5.74, 6) is 1.00. The number of aryl methyl sites for hydroxylation is 2. The topological polar surface area (TPSA) is 53.1 Å². The highest BCUT2D eigenvalue weighted by Crippen LogP contribution is 2.28. The molecule has 1 aromatic rings. The van der Waals surface area contributed by atoms with E-state index in [4.69, 9.17) is 4.74 Å². The molecule has 0 aliphatic carbocycles. The van der Waals surface area contributed by atoms with Gasteiger partial charge in [0, 0.05) is 27.2 Å². The summed E-state index contributed by atoms with van der Waals surface area (Å²) in [5.41, 5.74) is 2.25. The lowest BCUT2D eigenvalue weighted by Gasteiger charge is -2.43. The monoisotopic (exact) mass is 359 g/mol. The Bertz CT molecular complexity index is 663. The third-order valence-electron chi connectivity index (χ3n) is 5.28. The highest BCUT2D eigenvalue weighted by Gasteiger charge is 2.38. The van der Waals surface area contributed by atoms with E-state index in [2.05, 4.69) is 0 Å². The maximum atomic E-state index is 12.8. The quantitative estimate of drug-likeness (QED) is 0.832. The van der Waals surface area contributed by atoms with Crippen molar-refractivity contribution in [3.63, 3.8) is 0 Å².